The molecule has 1 aliphatic rings. The fourth-order valence-corrected chi connectivity index (χ4v) is 3.16. The first-order chi connectivity index (χ1) is 11.0. The van der Waals surface area contributed by atoms with Gasteiger partial charge in [-0.1, -0.05) is 43.2 Å². The van der Waals surface area contributed by atoms with Gasteiger partial charge in [-0.3, -0.25) is 4.90 Å². The van der Waals surface area contributed by atoms with Crippen molar-refractivity contribution in [3.05, 3.63) is 35.9 Å². The number of likely N-dealkylation sites (tertiary alicyclic amines) is 1. The van der Waals surface area contributed by atoms with E-state index in [-0.39, 0.29) is 18.0 Å². The standard InChI is InChI=1S/C19H27N3O/c1-4-12-20-18(23)21(3)16-19(2)10-13-22(14-11-19)15-17-8-6-5-7-9-17/h1,5-9H,10-16H2,2-3H3,(H,20,23). The Hall–Kier alpha value is -1.99. The lowest BCUT2D eigenvalue weighted by Gasteiger charge is -2.41. The Morgan fingerprint density at radius 1 is 1.35 bits per heavy atom. The quantitative estimate of drug-likeness (QED) is 0.848. The molecule has 23 heavy (non-hydrogen) atoms. The van der Waals surface area contributed by atoms with Crippen molar-refractivity contribution in [3.63, 3.8) is 0 Å². The van der Waals surface area contributed by atoms with Gasteiger partial charge in [0.05, 0.1) is 6.54 Å². The number of carbonyl (C=O) groups excluding carboxylic acids is 1. The van der Waals surface area contributed by atoms with E-state index in [4.69, 9.17) is 6.42 Å². The van der Waals surface area contributed by atoms with E-state index < -0.39 is 0 Å². The van der Waals surface area contributed by atoms with Crippen molar-refractivity contribution in [2.75, 3.05) is 33.2 Å². The number of benzene rings is 1. The Morgan fingerprint density at radius 2 is 2.00 bits per heavy atom. The highest BCUT2D eigenvalue weighted by atomic mass is 16.2. The van der Waals surface area contributed by atoms with Crippen LogP contribution in [0.3, 0.4) is 0 Å². The van der Waals surface area contributed by atoms with Crippen molar-refractivity contribution in [2.24, 2.45) is 5.41 Å². The van der Waals surface area contributed by atoms with E-state index >= 15 is 0 Å². The van der Waals surface area contributed by atoms with Gasteiger partial charge in [-0.05, 0) is 36.9 Å². The van der Waals surface area contributed by atoms with Gasteiger partial charge < -0.3 is 10.2 Å². The lowest BCUT2D eigenvalue weighted by Crippen LogP contribution is -2.47. The second kappa shape index (κ2) is 8.03. The Balaban J connectivity index is 1.80. The summed E-state index contributed by atoms with van der Waals surface area (Å²) in [6.07, 6.45) is 7.38. The van der Waals surface area contributed by atoms with Crippen LogP contribution in [-0.2, 0) is 6.54 Å². The fourth-order valence-electron chi connectivity index (χ4n) is 3.16. The smallest absolute Gasteiger partial charge is 0.317 e. The predicted octanol–water partition coefficient (Wildman–Crippen LogP) is 2.56. The summed E-state index contributed by atoms with van der Waals surface area (Å²) >= 11 is 0. The maximum atomic E-state index is 11.9. The van der Waals surface area contributed by atoms with Gasteiger partial charge in [-0.15, -0.1) is 6.42 Å². The lowest BCUT2D eigenvalue weighted by molar-refractivity contribution is 0.0876. The van der Waals surface area contributed by atoms with E-state index in [1.807, 2.05) is 7.05 Å². The van der Waals surface area contributed by atoms with Crippen molar-refractivity contribution in [2.45, 2.75) is 26.3 Å². The zero-order valence-corrected chi connectivity index (χ0v) is 14.2. The highest BCUT2D eigenvalue weighted by Crippen LogP contribution is 2.32. The molecule has 0 radical (unpaired) electrons. The number of carbonyl (C=O) groups is 1. The number of urea groups is 1. The van der Waals surface area contributed by atoms with E-state index in [2.05, 4.69) is 53.4 Å². The zero-order chi connectivity index (χ0) is 16.7. The molecule has 1 saturated heterocycles. The second-order valence-electron chi connectivity index (χ2n) is 6.79. The molecule has 4 heteroatoms. The molecule has 0 aliphatic carbocycles. The van der Waals surface area contributed by atoms with Gasteiger partial charge in [0.25, 0.3) is 0 Å². The first kappa shape index (κ1) is 17.4. The van der Waals surface area contributed by atoms with Crippen molar-refractivity contribution in [1.82, 2.24) is 15.1 Å². The predicted molar refractivity (Wildman–Crippen MR) is 93.9 cm³/mol. The third-order valence-corrected chi connectivity index (χ3v) is 4.62. The number of hydrogen-bond donors (Lipinski definition) is 1. The summed E-state index contributed by atoms with van der Waals surface area (Å²) in [6.45, 7) is 6.48. The van der Waals surface area contributed by atoms with Gasteiger partial charge in [0.2, 0.25) is 0 Å². The first-order valence-corrected chi connectivity index (χ1v) is 8.21. The van der Waals surface area contributed by atoms with Crippen molar-refractivity contribution < 1.29 is 4.79 Å². The highest BCUT2D eigenvalue weighted by molar-refractivity contribution is 5.74. The first-order valence-electron chi connectivity index (χ1n) is 8.21. The van der Waals surface area contributed by atoms with E-state index in [1.165, 1.54) is 5.56 Å². The number of rotatable bonds is 5. The Bertz CT molecular complexity index is 541. The molecule has 1 N–H and O–H groups in total. The SMILES string of the molecule is C#CCNC(=O)N(C)CC1(C)CCN(Cc2ccccc2)CC1. The molecule has 4 nitrogen and oxygen atoms in total. The molecule has 0 unspecified atom stereocenters. The molecule has 1 aromatic rings. The molecule has 2 amide bonds. The van der Waals surface area contributed by atoms with E-state index in [1.54, 1.807) is 4.90 Å². The highest BCUT2D eigenvalue weighted by Gasteiger charge is 2.32. The molecule has 1 fully saturated rings. The number of nitrogens with zero attached hydrogens (tertiary/aromatic N) is 2. The minimum absolute atomic E-state index is 0.0871. The number of nitrogens with one attached hydrogen (secondary N) is 1. The fraction of sp³-hybridized carbons (Fsp3) is 0.526. The minimum atomic E-state index is -0.0871. The molecule has 0 aromatic heterocycles. The summed E-state index contributed by atoms with van der Waals surface area (Å²) in [7, 11) is 1.84. The average Bonchev–Trinajstić information content (AvgIpc) is 2.55. The van der Waals surface area contributed by atoms with E-state index in [0.29, 0.717) is 0 Å². The van der Waals surface area contributed by atoms with Crippen molar-refractivity contribution in [3.8, 4) is 12.3 Å². The number of piperidine rings is 1. The maximum absolute atomic E-state index is 11.9. The van der Waals surface area contributed by atoms with Gasteiger partial charge >= 0.3 is 6.03 Å². The molecule has 0 atom stereocenters. The van der Waals surface area contributed by atoms with Crippen molar-refractivity contribution >= 4 is 6.03 Å². The average molecular weight is 313 g/mol. The van der Waals surface area contributed by atoms with Crippen LogP contribution in [0.2, 0.25) is 0 Å². The normalized spacial score (nSPS) is 17.3. The van der Waals surface area contributed by atoms with Gasteiger partial charge in [-0.25, -0.2) is 4.79 Å². The van der Waals surface area contributed by atoms with Crippen LogP contribution < -0.4 is 5.32 Å². The van der Waals surface area contributed by atoms with Crippen LogP contribution in [0.25, 0.3) is 0 Å². The number of terminal acetylenes is 1. The molecular weight excluding hydrogens is 286 g/mol. The molecule has 0 bridgehead atoms. The minimum Gasteiger partial charge on any atom is -0.327 e. The maximum Gasteiger partial charge on any atom is 0.317 e. The zero-order valence-electron chi connectivity index (χ0n) is 14.2. The summed E-state index contributed by atoms with van der Waals surface area (Å²) in [4.78, 5) is 16.2. The lowest BCUT2D eigenvalue weighted by atomic mass is 9.80. The molecule has 124 valence electrons. The monoisotopic (exact) mass is 313 g/mol. The van der Waals surface area contributed by atoms with Gasteiger partial charge in [0.15, 0.2) is 0 Å². The van der Waals surface area contributed by atoms with Crippen LogP contribution in [0.5, 0.6) is 0 Å². The van der Waals surface area contributed by atoms with Crippen LogP contribution in [0.1, 0.15) is 25.3 Å². The van der Waals surface area contributed by atoms with Gasteiger partial charge in [-0.2, -0.15) is 0 Å². The largest absolute Gasteiger partial charge is 0.327 e. The number of amides is 2. The van der Waals surface area contributed by atoms with Crippen LogP contribution in [0, 0.1) is 17.8 Å². The van der Waals surface area contributed by atoms with Crippen LogP contribution >= 0.6 is 0 Å². The third-order valence-electron chi connectivity index (χ3n) is 4.62. The second-order valence-corrected chi connectivity index (χ2v) is 6.79. The van der Waals surface area contributed by atoms with E-state index in [9.17, 15) is 4.79 Å². The summed E-state index contributed by atoms with van der Waals surface area (Å²) in [6, 6.07) is 10.5. The molecular formula is C19H27N3O. The molecule has 1 aromatic carbocycles. The van der Waals surface area contributed by atoms with Crippen LogP contribution in [0.4, 0.5) is 4.79 Å². The molecule has 0 saturated carbocycles. The van der Waals surface area contributed by atoms with Crippen LogP contribution in [0.15, 0.2) is 30.3 Å². The molecule has 0 spiro atoms. The summed E-state index contributed by atoms with van der Waals surface area (Å²) < 4.78 is 0. The van der Waals surface area contributed by atoms with E-state index in [0.717, 1.165) is 39.0 Å². The van der Waals surface area contributed by atoms with Gasteiger partial charge in [0, 0.05) is 20.1 Å². The summed E-state index contributed by atoms with van der Waals surface area (Å²) in [5, 5.41) is 2.72. The van der Waals surface area contributed by atoms with Crippen molar-refractivity contribution in [1.29, 1.82) is 0 Å². The topological polar surface area (TPSA) is 35.6 Å². The Morgan fingerprint density at radius 3 is 2.61 bits per heavy atom. The van der Waals surface area contributed by atoms with Crippen LogP contribution in [-0.4, -0.2) is 49.1 Å². The molecule has 1 heterocycles. The molecule has 2 rings (SSSR count). The summed E-state index contributed by atoms with van der Waals surface area (Å²) in [5.41, 5.74) is 1.54. The van der Waals surface area contributed by atoms with Gasteiger partial charge in [0.1, 0.15) is 0 Å². The Labute approximate surface area is 139 Å². The Kier molecular flexibility index (Phi) is 6.06. The molecule has 1 aliphatic heterocycles. The number of hydrogen-bond acceptors (Lipinski definition) is 2. The third kappa shape index (κ3) is 5.30. The summed E-state index contributed by atoms with van der Waals surface area (Å²) in [5.74, 6) is 2.43.